The van der Waals surface area contributed by atoms with Crippen LogP contribution in [0.15, 0.2) is 9.98 Å². The second-order valence-electron chi connectivity index (χ2n) is 5.58. The van der Waals surface area contributed by atoms with E-state index in [2.05, 4.69) is 9.98 Å². The van der Waals surface area contributed by atoms with E-state index in [1.54, 1.807) is 24.0 Å². The standard InChI is InChI=1S/C15H20N2O2/c18-10-16-14-5-1-12(2-6-14)9-13-3-7-15(8-4-13)17-11-19/h14-15H,1-9H2. The van der Waals surface area contributed by atoms with Gasteiger partial charge in [0.05, 0.1) is 12.1 Å². The smallest absolute Gasteiger partial charge is 0.211 e. The molecule has 0 aromatic rings. The Balaban J connectivity index is 1.69. The SMILES string of the molecule is O=C=NC1CC[C](C[C]2CCC(N=C=O)CC2)CC1. The number of hydrogen-bond donors (Lipinski definition) is 0. The first-order valence-corrected chi connectivity index (χ1v) is 7.13. The Morgan fingerprint density at radius 1 is 0.789 bits per heavy atom. The van der Waals surface area contributed by atoms with Crippen LogP contribution < -0.4 is 0 Å². The topological polar surface area (TPSA) is 58.9 Å². The van der Waals surface area contributed by atoms with Crippen LogP contribution in [-0.4, -0.2) is 24.2 Å². The fraction of sp³-hybridized carbons (Fsp3) is 0.733. The van der Waals surface area contributed by atoms with Gasteiger partial charge in [-0.15, -0.1) is 0 Å². The highest BCUT2D eigenvalue weighted by Gasteiger charge is 2.27. The average Bonchev–Trinajstić information content (AvgIpc) is 2.44. The minimum absolute atomic E-state index is 0.198. The number of isocyanates is 2. The highest BCUT2D eigenvalue weighted by Crippen LogP contribution is 2.38. The summed E-state index contributed by atoms with van der Waals surface area (Å²) in [4.78, 5) is 28.1. The van der Waals surface area contributed by atoms with Gasteiger partial charge in [-0.2, -0.15) is 0 Å². The Labute approximate surface area is 114 Å². The summed E-state index contributed by atoms with van der Waals surface area (Å²) in [6.45, 7) is 0. The minimum atomic E-state index is 0.198. The maximum atomic E-state index is 10.2. The van der Waals surface area contributed by atoms with Gasteiger partial charge in [0.15, 0.2) is 0 Å². The quantitative estimate of drug-likeness (QED) is 0.576. The molecule has 2 radical (unpaired) electrons. The molecule has 2 aliphatic rings. The monoisotopic (exact) mass is 260 g/mol. The van der Waals surface area contributed by atoms with Crippen molar-refractivity contribution in [1.82, 2.24) is 0 Å². The number of rotatable bonds is 4. The summed E-state index contributed by atoms with van der Waals surface area (Å²) in [7, 11) is 0. The molecule has 0 atom stereocenters. The van der Waals surface area contributed by atoms with Crippen molar-refractivity contribution in [3.63, 3.8) is 0 Å². The summed E-state index contributed by atoms with van der Waals surface area (Å²) in [5, 5.41) is 0. The van der Waals surface area contributed by atoms with Gasteiger partial charge >= 0.3 is 0 Å². The molecule has 2 saturated carbocycles. The zero-order chi connectivity index (χ0) is 13.5. The van der Waals surface area contributed by atoms with Crippen LogP contribution in [-0.2, 0) is 9.59 Å². The fourth-order valence-corrected chi connectivity index (χ4v) is 3.14. The van der Waals surface area contributed by atoms with E-state index in [0.29, 0.717) is 0 Å². The average molecular weight is 260 g/mol. The van der Waals surface area contributed by atoms with Crippen molar-refractivity contribution in [1.29, 1.82) is 0 Å². The Kier molecular flexibility index (Phi) is 5.50. The molecule has 2 fully saturated rings. The van der Waals surface area contributed by atoms with Crippen LogP contribution in [0.5, 0.6) is 0 Å². The van der Waals surface area contributed by atoms with Crippen molar-refractivity contribution in [2.75, 3.05) is 0 Å². The Bertz CT molecular complexity index is 332. The third-order valence-electron chi connectivity index (χ3n) is 4.30. The van der Waals surface area contributed by atoms with Crippen LogP contribution in [0.1, 0.15) is 57.8 Å². The first-order chi connectivity index (χ1) is 9.31. The summed E-state index contributed by atoms with van der Waals surface area (Å²) in [6.07, 6.45) is 12.8. The largest absolute Gasteiger partial charge is 0.235 e. The van der Waals surface area contributed by atoms with Gasteiger partial charge in [0.2, 0.25) is 12.2 Å². The molecular formula is C15H20N2O2. The Morgan fingerprint density at radius 2 is 1.16 bits per heavy atom. The summed E-state index contributed by atoms with van der Waals surface area (Å²) >= 11 is 0. The van der Waals surface area contributed by atoms with Crippen LogP contribution in [0, 0.1) is 11.8 Å². The molecule has 0 heterocycles. The van der Waals surface area contributed by atoms with E-state index in [-0.39, 0.29) is 12.1 Å². The van der Waals surface area contributed by atoms with Crippen LogP contribution in [0.3, 0.4) is 0 Å². The molecule has 0 aromatic carbocycles. The van der Waals surface area contributed by atoms with Gasteiger partial charge in [0.25, 0.3) is 0 Å². The highest BCUT2D eigenvalue weighted by molar-refractivity contribution is 5.34. The predicted molar refractivity (Wildman–Crippen MR) is 71.9 cm³/mol. The van der Waals surface area contributed by atoms with Gasteiger partial charge in [-0.05, 0) is 69.6 Å². The molecule has 2 rings (SSSR count). The van der Waals surface area contributed by atoms with Gasteiger partial charge in [-0.25, -0.2) is 19.6 Å². The Hall–Kier alpha value is -1.24. The van der Waals surface area contributed by atoms with Crippen LogP contribution in [0.4, 0.5) is 0 Å². The Morgan fingerprint density at radius 3 is 1.47 bits per heavy atom. The number of hydrogen-bond acceptors (Lipinski definition) is 4. The van der Waals surface area contributed by atoms with E-state index in [0.717, 1.165) is 57.8 Å². The summed E-state index contributed by atoms with van der Waals surface area (Å²) in [5.74, 6) is 3.20. The zero-order valence-electron chi connectivity index (χ0n) is 11.2. The molecule has 102 valence electrons. The molecule has 0 spiro atoms. The lowest BCUT2D eigenvalue weighted by Gasteiger charge is -2.31. The van der Waals surface area contributed by atoms with Gasteiger partial charge < -0.3 is 0 Å². The lowest BCUT2D eigenvalue weighted by Crippen LogP contribution is -2.21. The molecule has 0 amide bonds. The zero-order valence-corrected chi connectivity index (χ0v) is 11.2. The first kappa shape index (κ1) is 14.2. The van der Waals surface area contributed by atoms with Crippen molar-refractivity contribution in [3.05, 3.63) is 11.8 Å². The normalized spacial score (nSPS) is 23.6. The molecule has 0 unspecified atom stereocenters. The number of aliphatic imine (C=N–C) groups is 2. The second-order valence-corrected chi connectivity index (χ2v) is 5.58. The maximum absolute atomic E-state index is 10.2. The van der Waals surface area contributed by atoms with Gasteiger partial charge in [0, 0.05) is 0 Å². The third kappa shape index (κ3) is 4.41. The van der Waals surface area contributed by atoms with E-state index < -0.39 is 0 Å². The van der Waals surface area contributed by atoms with Crippen molar-refractivity contribution >= 4 is 12.2 Å². The highest BCUT2D eigenvalue weighted by atomic mass is 16.1. The molecule has 0 bridgehead atoms. The summed E-state index contributed by atoms with van der Waals surface area (Å²) < 4.78 is 0. The lowest BCUT2D eigenvalue weighted by molar-refractivity contribution is 0.410. The molecule has 0 saturated heterocycles. The van der Waals surface area contributed by atoms with E-state index in [1.807, 2.05) is 0 Å². The van der Waals surface area contributed by atoms with Crippen molar-refractivity contribution < 1.29 is 9.59 Å². The second kappa shape index (κ2) is 7.37. The van der Waals surface area contributed by atoms with Crippen molar-refractivity contribution in [2.45, 2.75) is 69.9 Å². The molecule has 0 N–H and O–H groups in total. The third-order valence-corrected chi connectivity index (χ3v) is 4.30. The van der Waals surface area contributed by atoms with Gasteiger partial charge in [-0.3, -0.25) is 0 Å². The van der Waals surface area contributed by atoms with Gasteiger partial charge in [-0.1, -0.05) is 0 Å². The minimum Gasteiger partial charge on any atom is -0.211 e. The fourth-order valence-electron chi connectivity index (χ4n) is 3.14. The molecule has 4 heteroatoms. The van der Waals surface area contributed by atoms with Crippen LogP contribution >= 0.6 is 0 Å². The van der Waals surface area contributed by atoms with E-state index >= 15 is 0 Å². The van der Waals surface area contributed by atoms with E-state index in [1.165, 1.54) is 0 Å². The molecular weight excluding hydrogens is 240 g/mol. The first-order valence-electron chi connectivity index (χ1n) is 7.13. The molecule has 0 aromatic heterocycles. The lowest BCUT2D eigenvalue weighted by atomic mass is 9.76. The predicted octanol–water partition coefficient (Wildman–Crippen LogP) is 3.08. The number of carbonyl (C=O) groups excluding carboxylic acids is 2. The van der Waals surface area contributed by atoms with E-state index in [4.69, 9.17) is 0 Å². The van der Waals surface area contributed by atoms with Gasteiger partial charge in [0.1, 0.15) is 0 Å². The van der Waals surface area contributed by atoms with Crippen molar-refractivity contribution in [3.8, 4) is 0 Å². The number of nitrogens with zero attached hydrogens (tertiary/aromatic N) is 2. The molecule has 4 nitrogen and oxygen atoms in total. The summed E-state index contributed by atoms with van der Waals surface area (Å²) in [6, 6.07) is 0.396. The molecule has 2 aliphatic carbocycles. The molecule has 0 aliphatic heterocycles. The van der Waals surface area contributed by atoms with E-state index in [9.17, 15) is 9.59 Å². The summed E-state index contributed by atoms with van der Waals surface area (Å²) in [5.41, 5.74) is 0. The van der Waals surface area contributed by atoms with Crippen LogP contribution in [0.25, 0.3) is 0 Å². The van der Waals surface area contributed by atoms with Crippen molar-refractivity contribution in [2.24, 2.45) is 9.98 Å². The maximum Gasteiger partial charge on any atom is 0.235 e. The molecule has 19 heavy (non-hydrogen) atoms. The van der Waals surface area contributed by atoms with Crippen LogP contribution in [0.2, 0.25) is 0 Å².